The smallest absolute Gasteiger partial charge is 0.357 e. The third-order valence-corrected chi connectivity index (χ3v) is 5.27. The normalized spacial score (nSPS) is 13.2. The number of ether oxygens (including phenoxy) is 2. The maximum absolute atomic E-state index is 12.6. The summed E-state index contributed by atoms with van der Waals surface area (Å²) in [4.78, 5) is 42.4. The van der Waals surface area contributed by atoms with Crippen LogP contribution in [0, 0.1) is 0 Å². The molecule has 1 N–H and O–H groups in total. The Bertz CT molecular complexity index is 1400. The summed E-state index contributed by atoms with van der Waals surface area (Å²) in [6, 6.07) is 8.76. The molecule has 34 heavy (non-hydrogen) atoms. The van der Waals surface area contributed by atoms with Crippen molar-refractivity contribution in [3.05, 3.63) is 77.9 Å². The minimum atomic E-state index is -1.15. The molecule has 0 unspecified atom stereocenters. The molecular weight excluding hydrogens is 440 g/mol. The first-order chi connectivity index (χ1) is 16.4. The number of pyridine rings is 1. The molecule has 0 radical (unpaired) electrons. The fraction of sp³-hybridized carbons (Fsp3) is 0.125. The molecule has 0 fully saturated rings. The molecule has 3 heterocycles. The number of aromatic carboxylic acids is 1. The maximum Gasteiger partial charge on any atom is 0.357 e. The number of hydrogen-bond donors (Lipinski definition) is 1. The van der Waals surface area contributed by atoms with Gasteiger partial charge in [0.1, 0.15) is 5.70 Å². The van der Waals surface area contributed by atoms with Crippen molar-refractivity contribution in [2.24, 2.45) is 7.05 Å². The van der Waals surface area contributed by atoms with Crippen molar-refractivity contribution in [3.8, 4) is 11.1 Å². The minimum Gasteiger partial charge on any atom is -0.476 e. The van der Waals surface area contributed by atoms with E-state index in [2.05, 4.69) is 10.1 Å². The number of nitrogens with zero attached hydrogens (tertiary/aromatic N) is 4. The Morgan fingerprint density at radius 2 is 1.68 bits per heavy atom. The molecule has 1 aromatic carbocycles. The highest BCUT2D eigenvalue weighted by Gasteiger charge is 2.27. The highest BCUT2D eigenvalue weighted by atomic mass is 16.5. The van der Waals surface area contributed by atoms with Gasteiger partial charge in [-0.25, -0.2) is 24.0 Å². The number of benzene rings is 1. The summed E-state index contributed by atoms with van der Waals surface area (Å²) in [7, 11) is 4.09. The lowest BCUT2D eigenvalue weighted by atomic mass is 10.0. The topological polar surface area (TPSA) is 124 Å². The van der Waals surface area contributed by atoms with Crippen LogP contribution in [0.2, 0.25) is 0 Å². The summed E-state index contributed by atoms with van der Waals surface area (Å²) in [6.45, 7) is 0. The molecule has 0 saturated heterocycles. The number of hydrogen-bond acceptors (Lipinski definition) is 8. The molecule has 3 aromatic rings. The lowest BCUT2D eigenvalue weighted by Gasteiger charge is -2.23. The van der Waals surface area contributed by atoms with Crippen LogP contribution >= 0.6 is 0 Å². The van der Waals surface area contributed by atoms with E-state index in [-0.39, 0.29) is 17.0 Å². The van der Waals surface area contributed by atoms with Crippen LogP contribution in [-0.4, -0.2) is 52.0 Å². The van der Waals surface area contributed by atoms with Crippen molar-refractivity contribution >= 4 is 34.6 Å². The number of carbonyl (C=O) groups is 3. The second-order valence-electron chi connectivity index (χ2n) is 7.20. The number of carboxylic acid groups (broad SMARTS) is 1. The molecule has 10 heteroatoms. The van der Waals surface area contributed by atoms with Crippen molar-refractivity contribution < 1.29 is 29.0 Å². The number of aromatic nitrogens is 3. The molecule has 1 aliphatic heterocycles. The quantitative estimate of drug-likeness (QED) is 0.572. The first-order valence-corrected chi connectivity index (χ1v) is 10.1. The number of allylic oxidation sites excluding steroid dienone is 2. The number of methoxy groups -OCH3 is 2. The molecule has 1 aliphatic rings. The van der Waals surface area contributed by atoms with Gasteiger partial charge in [0, 0.05) is 25.1 Å². The Hall–Kier alpha value is -4.73. The van der Waals surface area contributed by atoms with Crippen LogP contribution in [0.1, 0.15) is 10.5 Å². The predicted octanol–water partition coefficient (Wildman–Crippen LogP) is 2.82. The number of esters is 2. The number of anilines is 1. The summed E-state index contributed by atoms with van der Waals surface area (Å²) >= 11 is 0. The van der Waals surface area contributed by atoms with Gasteiger partial charge in [-0.05, 0) is 41.5 Å². The van der Waals surface area contributed by atoms with Crippen molar-refractivity contribution in [2.75, 3.05) is 19.1 Å². The molecule has 0 bridgehead atoms. The summed E-state index contributed by atoms with van der Waals surface area (Å²) in [5.74, 6) is -2.54. The van der Waals surface area contributed by atoms with E-state index in [1.807, 2.05) is 0 Å². The Labute approximate surface area is 194 Å². The molecule has 0 spiro atoms. The molecule has 10 nitrogen and oxygen atoms in total. The fourth-order valence-electron chi connectivity index (χ4n) is 3.73. The zero-order valence-electron chi connectivity index (χ0n) is 18.6. The number of aryl methyl sites for hydroxylation is 1. The van der Waals surface area contributed by atoms with Crippen LogP contribution < -0.4 is 4.90 Å². The molecule has 172 valence electrons. The summed E-state index contributed by atoms with van der Waals surface area (Å²) in [5, 5.41) is 14.1. The zero-order chi connectivity index (χ0) is 24.4. The number of fused-ring (bicyclic) bond motifs is 1. The van der Waals surface area contributed by atoms with Crippen molar-refractivity contribution in [1.29, 1.82) is 0 Å². The number of carboxylic acids is 1. The average Bonchev–Trinajstić information content (AvgIpc) is 3.05. The average molecular weight is 460 g/mol. The van der Waals surface area contributed by atoms with Crippen molar-refractivity contribution in [3.63, 3.8) is 0 Å². The van der Waals surface area contributed by atoms with Crippen LogP contribution in [0.3, 0.4) is 0 Å². The molecule has 0 atom stereocenters. The van der Waals surface area contributed by atoms with E-state index in [1.165, 1.54) is 29.9 Å². The van der Waals surface area contributed by atoms with Gasteiger partial charge in [0.15, 0.2) is 11.3 Å². The Morgan fingerprint density at radius 1 is 0.971 bits per heavy atom. The second kappa shape index (κ2) is 9.02. The standard InChI is InChI=1S/C24H20N4O6/c1-27-21-18(19(26-27)22(29)30)16(11-12-25-21)14-7-9-15(10-8-14)28-13-5-4-6-17(23(31)33-2)20(28)24(32)34-3/h4-13H,1-3H3,(H,29,30). The SMILES string of the molecule is COC(=O)C1=C(C(=O)OC)N(c2ccc(-c3ccnc4c3c(C(=O)O)nn4C)cc2)C=CC=C1. The Morgan fingerprint density at radius 3 is 2.32 bits per heavy atom. The van der Waals surface area contributed by atoms with Gasteiger partial charge >= 0.3 is 17.9 Å². The van der Waals surface area contributed by atoms with Crippen LogP contribution in [0.15, 0.2) is 72.2 Å². The minimum absolute atomic E-state index is 0.00109. The number of carbonyl (C=O) groups excluding carboxylic acids is 2. The zero-order valence-corrected chi connectivity index (χ0v) is 18.6. The third kappa shape index (κ3) is 3.81. The lowest BCUT2D eigenvalue weighted by Crippen LogP contribution is -2.26. The van der Waals surface area contributed by atoms with Gasteiger partial charge in [0.25, 0.3) is 0 Å². The van der Waals surface area contributed by atoms with Crippen LogP contribution in [0.4, 0.5) is 5.69 Å². The molecule has 4 rings (SSSR count). The monoisotopic (exact) mass is 460 g/mol. The van der Waals surface area contributed by atoms with E-state index >= 15 is 0 Å². The Balaban J connectivity index is 1.82. The van der Waals surface area contributed by atoms with Gasteiger partial charge in [0.2, 0.25) is 0 Å². The van der Waals surface area contributed by atoms with E-state index in [4.69, 9.17) is 9.47 Å². The van der Waals surface area contributed by atoms with E-state index in [0.29, 0.717) is 22.3 Å². The summed E-state index contributed by atoms with van der Waals surface area (Å²) in [6.07, 6.45) is 7.98. The highest BCUT2D eigenvalue weighted by Crippen LogP contribution is 2.33. The predicted molar refractivity (Wildman–Crippen MR) is 123 cm³/mol. The second-order valence-corrected chi connectivity index (χ2v) is 7.20. The first-order valence-electron chi connectivity index (χ1n) is 10.1. The summed E-state index contributed by atoms with van der Waals surface area (Å²) < 4.78 is 11.2. The molecule has 2 aromatic heterocycles. The molecular formula is C24H20N4O6. The van der Waals surface area contributed by atoms with Gasteiger partial charge in [-0.1, -0.05) is 18.2 Å². The molecule has 0 aliphatic carbocycles. The highest BCUT2D eigenvalue weighted by molar-refractivity contribution is 6.07. The van der Waals surface area contributed by atoms with Crippen LogP contribution in [0.5, 0.6) is 0 Å². The molecule has 0 amide bonds. The van der Waals surface area contributed by atoms with Gasteiger partial charge in [0.05, 0.1) is 25.2 Å². The first kappa shape index (κ1) is 22.5. The van der Waals surface area contributed by atoms with Crippen molar-refractivity contribution in [1.82, 2.24) is 14.8 Å². The van der Waals surface area contributed by atoms with Crippen LogP contribution in [-0.2, 0) is 26.1 Å². The number of rotatable bonds is 5. The maximum atomic E-state index is 12.6. The van der Waals surface area contributed by atoms with Crippen LogP contribution in [0.25, 0.3) is 22.2 Å². The Kier molecular flexibility index (Phi) is 5.96. The lowest BCUT2D eigenvalue weighted by molar-refractivity contribution is -0.139. The van der Waals surface area contributed by atoms with Gasteiger partial charge in [-0.2, -0.15) is 5.10 Å². The third-order valence-electron chi connectivity index (χ3n) is 5.27. The molecule has 0 saturated carbocycles. The van der Waals surface area contributed by atoms with Gasteiger partial charge in [-0.15, -0.1) is 0 Å². The fourth-order valence-corrected chi connectivity index (χ4v) is 3.73. The van der Waals surface area contributed by atoms with Gasteiger partial charge in [-0.3, -0.25) is 0 Å². The largest absolute Gasteiger partial charge is 0.476 e. The van der Waals surface area contributed by atoms with E-state index in [9.17, 15) is 19.5 Å². The van der Waals surface area contributed by atoms with Crippen molar-refractivity contribution in [2.45, 2.75) is 0 Å². The van der Waals surface area contributed by atoms with E-state index in [0.717, 1.165) is 5.56 Å². The summed E-state index contributed by atoms with van der Waals surface area (Å²) in [5.41, 5.74) is 2.33. The van der Waals surface area contributed by atoms with Gasteiger partial charge < -0.3 is 19.5 Å². The van der Waals surface area contributed by atoms with E-state index < -0.39 is 17.9 Å². The van der Waals surface area contributed by atoms with E-state index in [1.54, 1.807) is 61.9 Å².